The molecule has 52 heavy (non-hydrogen) atoms. The van der Waals surface area contributed by atoms with Crippen LogP contribution >= 0.6 is 0 Å². The van der Waals surface area contributed by atoms with Gasteiger partial charge in [-0.2, -0.15) is 26.3 Å². The summed E-state index contributed by atoms with van der Waals surface area (Å²) in [7, 11) is 0. The van der Waals surface area contributed by atoms with Gasteiger partial charge in [0.1, 0.15) is 23.0 Å². The fraction of sp³-hybridized carbons (Fsp3) is 0.368. The van der Waals surface area contributed by atoms with Crippen molar-refractivity contribution in [2.45, 2.75) is 38.0 Å². The van der Waals surface area contributed by atoms with Gasteiger partial charge in [-0.25, -0.2) is 0 Å². The molecule has 0 aliphatic carbocycles. The van der Waals surface area contributed by atoms with Gasteiger partial charge in [-0.15, -0.1) is 0 Å². The second kappa shape index (κ2) is 18.8. The van der Waals surface area contributed by atoms with E-state index >= 15 is 0 Å². The Hall–Kier alpha value is -4.50. The summed E-state index contributed by atoms with van der Waals surface area (Å²) in [5.74, 6) is 1.30. The first-order chi connectivity index (χ1) is 24.8. The monoisotopic (exact) mass is 734 g/mol. The van der Waals surface area contributed by atoms with Crippen LogP contribution < -0.4 is 41.9 Å². The van der Waals surface area contributed by atoms with Gasteiger partial charge in [-0.05, 0) is 146 Å². The summed E-state index contributed by atoms with van der Waals surface area (Å²) in [5, 5.41) is 0. The minimum Gasteiger partial charge on any atom is -0.493 e. The summed E-state index contributed by atoms with van der Waals surface area (Å²) in [4.78, 5) is 0. The van der Waals surface area contributed by atoms with Crippen LogP contribution in [0, 0.1) is 0 Å². The average molecular weight is 735 g/mol. The molecule has 0 spiro atoms. The molecular formula is C38H44F6N4O4. The van der Waals surface area contributed by atoms with Crippen molar-refractivity contribution in [3.8, 4) is 56.4 Å². The number of hydrogen-bond donors (Lipinski definition) is 4. The SMILES string of the molecule is NCCCOc1cc(OCCCN)cc(-c2cc(-c3cc(-c4cc(OCCCN)cc(OCCCN)c4)cc(C(F)(F)F)c3)cc(C(F)(F)F)c2)c1. The average Bonchev–Trinajstić information content (AvgIpc) is 3.11. The molecule has 0 saturated carbocycles. The molecule has 4 rings (SSSR count). The number of rotatable bonds is 19. The summed E-state index contributed by atoms with van der Waals surface area (Å²) in [6.07, 6.45) is -7.52. The lowest BCUT2D eigenvalue weighted by atomic mass is 9.92. The third-order valence-electron chi connectivity index (χ3n) is 7.75. The Bertz CT molecular complexity index is 1570. The van der Waals surface area contributed by atoms with Gasteiger partial charge >= 0.3 is 12.4 Å². The van der Waals surface area contributed by atoms with Crippen molar-refractivity contribution in [1.29, 1.82) is 0 Å². The Labute approximate surface area is 299 Å². The first-order valence-electron chi connectivity index (χ1n) is 16.9. The van der Waals surface area contributed by atoms with Crippen LogP contribution in [0.4, 0.5) is 26.3 Å². The third-order valence-corrected chi connectivity index (χ3v) is 7.75. The van der Waals surface area contributed by atoms with Crippen LogP contribution in [0.3, 0.4) is 0 Å². The first-order valence-corrected chi connectivity index (χ1v) is 16.9. The fourth-order valence-electron chi connectivity index (χ4n) is 5.15. The van der Waals surface area contributed by atoms with E-state index in [1.807, 2.05) is 0 Å². The maximum atomic E-state index is 14.4. The molecule has 0 saturated heterocycles. The summed E-state index contributed by atoms with van der Waals surface area (Å²) in [6, 6.07) is 15.7. The van der Waals surface area contributed by atoms with Crippen molar-refractivity contribution in [3.05, 3.63) is 83.9 Å². The molecular weight excluding hydrogens is 690 g/mol. The lowest BCUT2D eigenvalue weighted by Gasteiger charge is -2.18. The zero-order valence-electron chi connectivity index (χ0n) is 28.6. The first kappa shape index (κ1) is 40.3. The highest BCUT2D eigenvalue weighted by atomic mass is 19.4. The topological polar surface area (TPSA) is 141 Å². The molecule has 4 aromatic rings. The smallest absolute Gasteiger partial charge is 0.416 e. The molecule has 4 aromatic carbocycles. The quantitative estimate of drug-likeness (QED) is 0.0570. The molecule has 0 atom stereocenters. The van der Waals surface area contributed by atoms with E-state index in [0.29, 0.717) is 86.0 Å². The zero-order chi connectivity index (χ0) is 37.7. The second-order valence-electron chi connectivity index (χ2n) is 11.9. The van der Waals surface area contributed by atoms with Crippen molar-refractivity contribution in [3.63, 3.8) is 0 Å². The van der Waals surface area contributed by atoms with Gasteiger partial charge < -0.3 is 41.9 Å². The lowest BCUT2D eigenvalue weighted by molar-refractivity contribution is -0.138. The molecule has 0 heterocycles. The van der Waals surface area contributed by atoms with E-state index < -0.39 is 23.5 Å². The van der Waals surface area contributed by atoms with Crippen molar-refractivity contribution in [2.24, 2.45) is 22.9 Å². The molecule has 8 N–H and O–H groups in total. The van der Waals surface area contributed by atoms with E-state index in [2.05, 4.69) is 0 Å². The number of alkyl halides is 6. The molecule has 0 bridgehead atoms. The molecule has 0 aromatic heterocycles. The largest absolute Gasteiger partial charge is 0.493 e. The minimum atomic E-state index is -4.82. The maximum absolute atomic E-state index is 14.4. The molecule has 14 heteroatoms. The van der Waals surface area contributed by atoms with Gasteiger partial charge in [0.05, 0.1) is 37.6 Å². The third kappa shape index (κ3) is 11.8. The van der Waals surface area contributed by atoms with Crippen LogP contribution in [0.25, 0.3) is 33.4 Å². The Balaban J connectivity index is 1.90. The molecule has 0 unspecified atom stereocenters. The van der Waals surface area contributed by atoms with Gasteiger partial charge in [0, 0.05) is 12.1 Å². The highest BCUT2D eigenvalue weighted by molar-refractivity contribution is 5.80. The molecule has 282 valence electrons. The number of benzene rings is 4. The van der Waals surface area contributed by atoms with Gasteiger partial charge in [0.2, 0.25) is 0 Å². The van der Waals surface area contributed by atoms with E-state index in [-0.39, 0.29) is 48.7 Å². The highest BCUT2D eigenvalue weighted by Gasteiger charge is 2.33. The van der Waals surface area contributed by atoms with Crippen LogP contribution in [-0.2, 0) is 12.4 Å². The number of nitrogens with two attached hydrogens (primary N) is 4. The van der Waals surface area contributed by atoms with E-state index in [1.54, 1.807) is 36.4 Å². The van der Waals surface area contributed by atoms with Gasteiger partial charge in [0.15, 0.2) is 0 Å². The van der Waals surface area contributed by atoms with E-state index in [0.717, 1.165) is 24.3 Å². The lowest BCUT2D eigenvalue weighted by Crippen LogP contribution is -2.08. The normalized spacial score (nSPS) is 11.8. The van der Waals surface area contributed by atoms with Crippen LogP contribution in [0.2, 0.25) is 0 Å². The predicted octanol–water partition coefficient (Wildman–Crippen LogP) is 7.64. The summed E-state index contributed by atoms with van der Waals surface area (Å²) in [5.41, 5.74) is 20.8. The van der Waals surface area contributed by atoms with E-state index in [1.165, 1.54) is 12.1 Å². The van der Waals surface area contributed by atoms with Crippen molar-refractivity contribution < 1.29 is 45.3 Å². The Morgan fingerprint density at radius 2 is 0.577 bits per heavy atom. The number of ether oxygens (including phenoxy) is 4. The summed E-state index contributed by atoms with van der Waals surface area (Å²) in [6.45, 7) is 2.47. The van der Waals surface area contributed by atoms with Gasteiger partial charge in [0.25, 0.3) is 0 Å². The molecule has 8 nitrogen and oxygen atoms in total. The Morgan fingerprint density at radius 3 is 0.788 bits per heavy atom. The highest BCUT2D eigenvalue weighted by Crippen LogP contribution is 2.42. The van der Waals surface area contributed by atoms with Gasteiger partial charge in [-0.1, -0.05) is 0 Å². The van der Waals surface area contributed by atoms with Crippen LogP contribution in [-0.4, -0.2) is 52.6 Å². The summed E-state index contributed by atoms with van der Waals surface area (Å²) < 4.78 is 110. The van der Waals surface area contributed by atoms with Crippen molar-refractivity contribution >= 4 is 0 Å². The van der Waals surface area contributed by atoms with Crippen LogP contribution in [0.1, 0.15) is 36.8 Å². The molecule has 0 aliphatic rings. The van der Waals surface area contributed by atoms with E-state index in [9.17, 15) is 26.3 Å². The zero-order valence-corrected chi connectivity index (χ0v) is 28.6. The fourth-order valence-corrected chi connectivity index (χ4v) is 5.15. The predicted molar refractivity (Wildman–Crippen MR) is 189 cm³/mol. The minimum absolute atomic E-state index is 0.0858. The van der Waals surface area contributed by atoms with Crippen LogP contribution in [0.5, 0.6) is 23.0 Å². The van der Waals surface area contributed by atoms with Gasteiger partial charge in [-0.3, -0.25) is 0 Å². The molecule has 0 amide bonds. The Morgan fingerprint density at radius 1 is 0.346 bits per heavy atom. The number of halogens is 6. The Kier molecular flexibility index (Phi) is 14.6. The maximum Gasteiger partial charge on any atom is 0.416 e. The van der Waals surface area contributed by atoms with Crippen LogP contribution in [0.15, 0.2) is 72.8 Å². The number of hydrogen-bond acceptors (Lipinski definition) is 8. The van der Waals surface area contributed by atoms with Crippen molar-refractivity contribution in [2.75, 3.05) is 52.6 Å². The standard InChI is InChI=1S/C38H44F6N4O4/c39-37(40,41)31-15-25(13-27(17-31)29-19-33(49-9-1-5-45)23-34(20-29)50-10-2-6-46)26-14-28(18-32(16-26)38(42,43)44)30-21-35(51-11-3-7-47)24-36(22-30)52-12-4-8-48/h13-24H,1-12,45-48H2. The summed E-state index contributed by atoms with van der Waals surface area (Å²) >= 11 is 0. The molecule has 0 fully saturated rings. The van der Waals surface area contributed by atoms with Crippen molar-refractivity contribution in [1.82, 2.24) is 0 Å². The molecule has 0 aliphatic heterocycles. The van der Waals surface area contributed by atoms with E-state index in [4.69, 9.17) is 41.9 Å². The molecule has 0 radical (unpaired) electrons. The second-order valence-corrected chi connectivity index (χ2v) is 11.9.